The number of nitrogens with zero attached hydrogens (tertiary/aromatic N) is 4. The SMILES string of the molecule is COc1ccc(NC(=O)Cn2ncc3cc(N4CCC(CCP(=O)(O)O)CC4)nc(OC)c3c2=O)cc1. The summed E-state index contributed by atoms with van der Waals surface area (Å²) < 4.78 is 22.8. The van der Waals surface area contributed by atoms with Crippen molar-refractivity contribution >= 4 is 35.8 Å². The zero-order valence-corrected chi connectivity index (χ0v) is 21.6. The Kier molecular flexibility index (Phi) is 8.11. The summed E-state index contributed by atoms with van der Waals surface area (Å²) in [5.41, 5.74) is 0.0726. The normalized spacial score (nSPS) is 14.5. The fourth-order valence-electron chi connectivity index (χ4n) is 4.39. The number of fused-ring (bicyclic) bond motifs is 1. The number of rotatable bonds is 9. The van der Waals surface area contributed by atoms with Gasteiger partial charge >= 0.3 is 7.60 Å². The molecule has 0 unspecified atom stereocenters. The molecule has 3 aromatic rings. The van der Waals surface area contributed by atoms with E-state index in [2.05, 4.69) is 20.3 Å². The van der Waals surface area contributed by atoms with E-state index in [-0.39, 0.29) is 29.9 Å². The van der Waals surface area contributed by atoms with Crippen molar-refractivity contribution in [3.8, 4) is 11.6 Å². The third kappa shape index (κ3) is 6.65. The summed E-state index contributed by atoms with van der Waals surface area (Å²) in [6, 6.07) is 8.60. The van der Waals surface area contributed by atoms with Crippen LogP contribution in [0.4, 0.5) is 11.5 Å². The zero-order valence-electron chi connectivity index (χ0n) is 20.7. The first-order chi connectivity index (χ1) is 17.7. The molecule has 3 heterocycles. The number of amides is 1. The average Bonchev–Trinajstić information content (AvgIpc) is 2.88. The molecule has 1 saturated heterocycles. The van der Waals surface area contributed by atoms with E-state index in [0.717, 1.165) is 17.5 Å². The van der Waals surface area contributed by atoms with Crippen molar-refractivity contribution in [3.63, 3.8) is 0 Å². The Morgan fingerprint density at radius 2 is 1.86 bits per heavy atom. The molecule has 1 aliphatic rings. The topological polar surface area (TPSA) is 156 Å². The van der Waals surface area contributed by atoms with Crippen LogP contribution in [-0.4, -0.2) is 63.9 Å². The van der Waals surface area contributed by atoms with Gasteiger partial charge < -0.3 is 29.5 Å². The third-order valence-electron chi connectivity index (χ3n) is 6.42. The van der Waals surface area contributed by atoms with Gasteiger partial charge in [-0.2, -0.15) is 10.1 Å². The highest BCUT2D eigenvalue weighted by atomic mass is 31.2. The molecule has 198 valence electrons. The van der Waals surface area contributed by atoms with Crippen molar-refractivity contribution in [1.29, 1.82) is 0 Å². The Hall–Kier alpha value is -3.47. The van der Waals surface area contributed by atoms with Gasteiger partial charge in [0, 0.05) is 24.2 Å². The number of pyridine rings is 1. The lowest BCUT2D eigenvalue weighted by molar-refractivity contribution is -0.117. The van der Waals surface area contributed by atoms with Gasteiger partial charge in [0.05, 0.1) is 26.6 Å². The predicted octanol–water partition coefficient (Wildman–Crippen LogP) is 2.23. The van der Waals surface area contributed by atoms with Crippen LogP contribution in [0.25, 0.3) is 10.8 Å². The summed E-state index contributed by atoms with van der Waals surface area (Å²) in [5, 5.41) is 7.69. The minimum atomic E-state index is -3.99. The Balaban J connectivity index is 1.48. The van der Waals surface area contributed by atoms with E-state index in [1.54, 1.807) is 37.4 Å². The number of carbonyl (C=O) groups is 1. The Labute approximate surface area is 213 Å². The fourth-order valence-corrected chi connectivity index (χ4v) is 5.09. The van der Waals surface area contributed by atoms with Crippen molar-refractivity contribution in [2.45, 2.75) is 25.8 Å². The maximum absolute atomic E-state index is 13.2. The number of aromatic nitrogens is 3. The summed E-state index contributed by atoms with van der Waals surface area (Å²) in [5.74, 6) is 1.27. The standard InChI is InChI=1S/C24H30N5O7P/c1-35-19-5-3-18(4-6-19)26-21(30)15-29-24(31)22-17(14-25-29)13-20(27-23(22)36-2)28-10-7-16(8-11-28)9-12-37(32,33)34/h3-6,13-14,16H,7-12,15H2,1-2H3,(H,26,30)(H2,32,33,34). The van der Waals surface area contributed by atoms with Gasteiger partial charge in [0.2, 0.25) is 11.8 Å². The first kappa shape index (κ1) is 26.6. The maximum atomic E-state index is 13.2. The molecular weight excluding hydrogens is 501 g/mol. The van der Waals surface area contributed by atoms with Crippen molar-refractivity contribution in [1.82, 2.24) is 14.8 Å². The number of benzene rings is 1. The zero-order chi connectivity index (χ0) is 26.6. The van der Waals surface area contributed by atoms with Gasteiger partial charge in [-0.25, -0.2) is 4.68 Å². The Morgan fingerprint density at radius 3 is 2.49 bits per heavy atom. The Bertz CT molecular complexity index is 1360. The van der Waals surface area contributed by atoms with Crippen LogP contribution in [0, 0.1) is 5.92 Å². The molecule has 1 aromatic carbocycles. The lowest BCUT2D eigenvalue weighted by atomic mass is 9.94. The number of hydrogen-bond donors (Lipinski definition) is 3. The van der Waals surface area contributed by atoms with Crippen LogP contribution in [0.5, 0.6) is 11.6 Å². The fraction of sp³-hybridized carbons (Fsp3) is 0.417. The predicted molar refractivity (Wildman–Crippen MR) is 138 cm³/mol. The van der Waals surface area contributed by atoms with Crippen LogP contribution < -0.4 is 25.2 Å². The number of ether oxygens (including phenoxy) is 2. The number of anilines is 2. The highest BCUT2D eigenvalue weighted by Gasteiger charge is 2.24. The molecule has 0 saturated carbocycles. The van der Waals surface area contributed by atoms with Crippen LogP contribution in [0.2, 0.25) is 0 Å². The molecule has 12 nitrogen and oxygen atoms in total. The molecule has 1 amide bonds. The molecule has 37 heavy (non-hydrogen) atoms. The molecule has 0 spiro atoms. The number of carbonyl (C=O) groups excluding carboxylic acids is 1. The van der Waals surface area contributed by atoms with E-state index in [9.17, 15) is 14.2 Å². The summed E-state index contributed by atoms with van der Waals surface area (Å²) >= 11 is 0. The summed E-state index contributed by atoms with van der Waals surface area (Å²) in [4.78, 5) is 50.6. The molecule has 1 aliphatic heterocycles. The average molecular weight is 532 g/mol. The van der Waals surface area contributed by atoms with Crippen LogP contribution in [0.15, 0.2) is 41.3 Å². The van der Waals surface area contributed by atoms with Gasteiger partial charge in [0.15, 0.2) is 0 Å². The molecule has 13 heteroatoms. The first-order valence-electron chi connectivity index (χ1n) is 11.8. The van der Waals surface area contributed by atoms with Gasteiger partial charge in [-0.1, -0.05) is 0 Å². The van der Waals surface area contributed by atoms with Crippen molar-refractivity contribution in [2.75, 3.05) is 43.7 Å². The maximum Gasteiger partial charge on any atom is 0.325 e. The van der Waals surface area contributed by atoms with Gasteiger partial charge in [-0.3, -0.25) is 14.2 Å². The number of piperidine rings is 1. The highest BCUT2D eigenvalue weighted by molar-refractivity contribution is 7.51. The second-order valence-corrected chi connectivity index (χ2v) is 10.7. The quantitative estimate of drug-likeness (QED) is 0.350. The molecule has 0 bridgehead atoms. The third-order valence-corrected chi connectivity index (χ3v) is 7.26. The lowest BCUT2D eigenvalue weighted by Crippen LogP contribution is -2.35. The minimum Gasteiger partial charge on any atom is -0.497 e. The number of nitrogens with one attached hydrogen (secondary N) is 1. The lowest BCUT2D eigenvalue weighted by Gasteiger charge is -2.33. The van der Waals surface area contributed by atoms with Crippen LogP contribution in [-0.2, 0) is 15.9 Å². The largest absolute Gasteiger partial charge is 0.497 e. The molecule has 0 atom stereocenters. The number of hydrogen-bond acceptors (Lipinski definition) is 8. The second-order valence-electron chi connectivity index (χ2n) is 8.95. The summed E-state index contributed by atoms with van der Waals surface area (Å²) in [6.07, 6.45) is 3.46. The van der Waals surface area contributed by atoms with Gasteiger partial charge in [-0.15, -0.1) is 0 Å². The number of methoxy groups -OCH3 is 2. The summed E-state index contributed by atoms with van der Waals surface area (Å²) in [7, 11) is -1.01. The molecule has 4 rings (SSSR count). The molecular formula is C24H30N5O7P. The van der Waals surface area contributed by atoms with Crippen molar-refractivity contribution in [3.05, 3.63) is 46.9 Å². The van der Waals surface area contributed by atoms with Crippen molar-refractivity contribution < 1.29 is 28.6 Å². The molecule has 0 radical (unpaired) electrons. The molecule has 2 aromatic heterocycles. The molecule has 1 fully saturated rings. The van der Waals surface area contributed by atoms with Crippen LogP contribution in [0.1, 0.15) is 19.3 Å². The van der Waals surface area contributed by atoms with Gasteiger partial charge in [-0.05, 0) is 55.5 Å². The monoisotopic (exact) mass is 531 g/mol. The van der Waals surface area contributed by atoms with E-state index in [0.29, 0.717) is 42.2 Å². The first-order valence-corrected chi connectivity index (χ1v) is 13.6. The van der Waals surface area contributed by atoms with Gasteiger partial charge in [0.1, 0.15) is 23.5 Å². The highest BCUT2D eigenvalue weighted by Crippen LogP contribution is 2.38. The molecule has 3 N–H and O–H groups in total. The van der Waals surface area contributed by atoms with E-state index in [1.165, 1.54) is 13.3 Å². The van der Waals surface area contributed by atoms with E-state index in [1.807, 2.05) is 0 Å². The van der Waals surface area contributed by atoms with E-state index in [4.69, 9.17) is 19.3 Å². The van der Waals surface area contributed by atoms with Crippen LogP contribution in [0.3, 0.4) is 0 Å². The smallest absolute Gasteiger partial charge is 0.325 e. The van der Waals surface area contributed by atoms with Crippen LogP contribution >= 0.6 is 7.60 Å². The van der Waals surface area contributed by atoms with E-state index < -0.39 is 19.1 Å². The molecule has 0 aliphatic carbocycles. The second kappa shape index (κ2) is 11.3. The van der Waals surface area contributed by atoms with Gasteiger partial charge in [0.25, 0.3) is 5.56 Å². The van der Waals surface area contributed by atoms with E-state index >= 15 is 0 Å². The van der Waals surface area contributed by atoms with Crippen molar-refractivity contribution in [2.24, 2.45) is 5.92 Å². The Morgan fingerprint density at radius 1 is 1.16 bits per heavy atom. The summed E-state index contributed by atoms with van der Waals surface area (Å²) in [6.45, 7) is 1.06. The minimum absolute atomic E-state index is 0.101.